The number of hydrogen-bond donors (Lipinski definition) is 0. The molecule has 0 bridgehead atoms. The van der Waals surface area contributed by atoms with Gasteiger partial charge < -0.3 is 13.9 Å². The first-order valence-corrected chi connectivity index (χ1v) is 8.50. The standard InChI is InChI=1S/C14H12ClN5O3S/c15-10-3-9(4-11-13(10)22-2-1-21-11)6-24-14-19-18-12(23-14)5-20-8-16-7-17-20/h3-4,7-8H,1-2,5-6H2. The molecule has 0 saturated heterocycles. The quantitative estimate of drug-likeness (QED) is 0.637. The summed E-state index contributed by atoms with van der Waals surface area (Å²) < 4.78 is 18.3. The molecule has 124 valence electrons. The molecule has 0 unspecified atom stereocenters. The Kier molecular flexibility index (Phi) is 4.26. The maximum Gasteiger partial charge on any atom is 0.276 e. The fourth-order valence-electron chi connectivity index (χ4n) is 2.21. The van der Waals surface area contributed by atoms with Crippen LogP contribution < -0.4 is 9.47 Å². The molecule has 24 heavy (non-hydrogen) atoms. The lowest BCUT2D eigenvalue weighted by molar-refractivity contribution is 0.171. The van der Waals surface area contributed by atoms with Crippen LogP contribution in [0.5, 0.6) is 11.5 Å². The fourth-order valence-corrected chi connectivity index (χ4v) is 3.20. The number of benzene rings is 1. The third-order valence-electron chi connectivity index (χ3n) is 3.23. The average Bonchev–Trinajstić information content (AvgIpc) is 3.25. The number of fused-ring (bicyclic) bond motifs is 1. The van der Waals surface area contributed by atoms with Crippen molar-refractivity contribution in [1.29, 1.82) is 0 Å². The van der Waals surface area contributed by atoms with Crippen LogP contribution in [-0.2, 0) is 12.3 Å². The lowest BCUT2D eigenvalue weighted by atomic mass is 10.2. The minimum atomic E-state index is 0.392. The highest BCUT2D eigenvalue weighted by Gasteiger charge is 2.17. The van der Waals surface area contributed by atoms with Gasteiger partial charge in [-0.2, -0.15) is 5.10 Å². The predicted molar refractivity (Wildman–Crippen MR) is 85.4 cm³/mol. The predicted octanol–water partition coefficient (Wildman–Crippen LogP) is 2.43. The summed E-state index contributed by atoms with van der Waals surface area (Å²) >= 11 is 7.66. The van der Waals surface area contributed by atoms with Crippen molar-refractivity contribution in [1.82, 2.24) is 25.0 Å². The molecular weight excluding hydrogens is 354 g/mol. The molecule has 0 radical (unpaired) electrons. The minimum Gasteiger partial charge on any atom is -0.486 e. The molecule has 0 atom stereocenters. The average molecular weight is 366 g/mol. The van der Waals surface area contributed by atoms with Crippen LogP contribution in [0.3, 0.4) is 0 Å². The lowest BCUT2D eigenvalue weighted by Crippen LogP contribution is -2.15. The molecule has 0 amide bonds. The van der Waals surface area contributed by atoms with Gasteiger partial charge >= 0.3 is 0 Å². The summed E-state index contributed by atoms with van der Waals surface area (Å²) in [4.78, 5) is 3.87. The minimum absolute atomic E-state index is 0.392. The normalized spacial score (nSPS) is 13.2. The van der Waals surface area contributed by atoms with Crippen LogP contribution in [0, 0.1) is 0 Å². The van der Waals surface area contributed by atoms with Crippen LogP contribution in [0.25, 0.3) is 0 Å². The van der Waals surface area contributed by atoms with E-state index >= 15 is 0 Å². The lowest BCUT2D eigenvalue weighted by Gasteiger charge is -2.20. The molecule has 0 saturated carbocycles. The zero-order valence-corrected chi connectivity index (χ0v) is 14.0. The van der Waals surface area contributed by atoms with E-state index in [0.717, 1.165) is 5.56 Å². The van der Waals surface area contributed by atoms with Gasteiger partial charge in [0.05, 0.1) is 5.02 Å². The van der Waals surface area contributed by atoms with Crippen molar-refractivity contribution in [3.8, 4) is 11.5 Å². The molecule has 0 aliphatic carbocycles. The second-order valence-electron chi connectivity index (χ2n) is 4.95. The van der Waals surface area contributed by atoms with Gasteiger partial charge in [0.1, 0.15) is 32.4 Å². The molecule has 10 heteroatoms. The molecule has 4 rings (SSSR count). The molecule has 0 spiro atoms. The van der Waals surface area contributed by atoms with Gasteiger partial charge in [0.25, 0.3) is 5.22 Å². The van der Waals surface area contributed by atoms with Crippen LogP contribution in [-0.4, -0.2) is 38.2 Å². The summed E-state index contributed by atoms with van der Waals surface area (Å²) in [6.45, 7) is 1.43. The van der Waals surface area contributed by atoms with E-state index in [0.29, 0.717) is 53.1 Å². The molecule has 2 aromatic heterocycles. The Morgan fingerprint density at radius 2 is 2.12 bits per heavy atom. The molecule has 0 fully saturated rings. The molecule has 1 aromatic carbocycles. The van der Waals surface area contributed by atoms with Gasteiger partial charge in [-0.25, -0.2) is 9.67 Å². The van der Waals surface area contributed by atoms with Gasteiger partial charge in [0.2, 0.25) is 5.89 Å². The largest absolute Gasteiger partial charge is 0.486 e. The first-order valence-electron chi connectivity index (χ1n) is 7.13. The first-order chi connectivity index (χ1) is 11.8. The maximum absolute atomic E-state index is 6.23. The number of aromatic nitrogens is 5. The van der Waals surface area contributed by atoms with Crippen molar-refractivity contribution >= 4 is 23.4 Å². The molecule has 3 aromatic rings. The SMILES string of the molecule is Clc1cc(CSc2nnc(Cn3cncn3)o2)cc2c1OCCO2. The van der Waals surface area contributed by atoms with Gasteiger partial charge in [0, 0.05) is 5.75 Å². The van der Waals surface area contributed by atoms with Gasteiger partial charge in [0.15, 0.2) is 11.5 Å². The van der Waals surface area contributed by atoms with Gasteiger partial charge in [-0.05, 0) is 17.7 Å². The number of ether oxygens (including phenoxy) is 2. The number of thioether (sulfide) groups is 1. The molecule has 8 nitrogen and oxygen atoms in total. The van der Waals surface area contributed by atoms with Crippen LogP contribution in [0.4, 0.5) is 0 Å². The van der Waals surface area contributed by atoms with Crippen molar-refractivity contribution in [3.63, 3.8) is 0 Å². The van der Waals surface area contributed by atoms with Crippen LogP contribution in [0.1, 0.15) is 11.5 Å². The number of halogens is 1. The number of hydrogen-bond acceptors (Lipinski definition) is 8. The van der Waals surface area contributed by atoms with Crippen molar-refractivity contribution < 1.29 is 13.9 Å². The summed E-state index contributed by atoms with van der Waals surface area (Å²) in [6.07, 6.45) is 3.05. The van der Waals surface area contributed by atoms with Crippen molar-refractivity contribution in [2.24, 2.45) is 0 Å². The highest BCUT2D eigenvalue weighted by molar-refractivity contribution is 7.98. The Bertz CT molecular complexity index is 839. The van der Waals surface area contributed by atoms with Crippen molar-refractivity contribution in [2.45, 2.75) is 17.5 Å². The Balaban J connectivity index is 1.42. The third-order valence-corrected chi connectivity index (χ3v) is 4.40. The van der Waals surface area contributed by atoms with Gasteiger partial charge in [-0.15, -0.1) is 10.2 Å². The van der Waals surface area contributed by atoms with E-state index in [-0.39, 0.29) is 0 Å². The molecule has 1 aliphatic heterocycles. The van der Waals surface area contributed by atoms with Crippen LogP contribution in [0.2, 0.25) is 5.02 Å². The van der Waals surface area contributed by atoms with E-state index in [1.807, 2.05) is 12.1 Å². The number of rotatable bonds is 5. The van der Waals surface area contributed by atoms with E-state index in [9.17, 15) is 0 Å². The highest BCUT2D eigenvalue weighted by atomic mass is 35.5. The van der Waals surface area contributed by atoms with Crippen LogP contribution in [0.15, 0.2) is 34.4 Å². The van der Waals surface area contributed by atoms with E-state index in [1.165, 1.54) is 18.1 Å². The van der Waals surface area contributed by atoms with Gasteiger partial charge in [-0.1, -0.05) is 23.4 Å². The zero-order chi connectivity index (χ0) is 16.4. The second-order valence-corrected chi connectivity index (χ2v) is 6.28. The van der Waals surface area contributed by atoms with E-state index in [2.05, 4.69) is 20.3 Å². The Hall–Kier alpha value is -2.26. The molecule has 1 aliphatic rings. The van der Waals surface area contributed by atoms with Crippen molar-refractivity contribution in [3.05, 3.63) is 41.3 Å². The summed E-state index contributed by atoms with van der Waals surface area (Å²) in [6, 6.07) is 3.77. The molecular formula is C14H12ClN5O3S. The van der Waals surface area contributed by atoms with Crippen LogP contribution >= 0.6 is 23.4 Å². The molecule has 3 heterocycles. The summed E-state index contributed by atoms with van der Waals surface area (Å²) in [5.74, 6) is 2.37. The van der Waals surface area contributed by atoms with E-state index in [4.69, 9.17) is 25.5 Å². The zero-order valence-electron chi connectivity index (χ0n) is 12.4. The summed E-state index contributed by atoms with van der Waals surface area (Å²) in [7, 11) is 0. The van der Waals surface area contributed by atoms with E-state index in [1.54, 1.807) is 11.0 Å². The third kappa shape index (κ3) is 3.31. The Morgan fingerprint density at radius 1 is 1.21 bits per heavy atom. The van der Waals surface area contributed by atoms with E-state index < -0.39 is 0 Å². The van der Waals surface area contributed by atoms with Gasteiger partial charge in [-0.3, -0.25) is 0 Å². The second kappa shape index (κ2) is 6.70. The van der Waals surface area contributed by atoms with Crippen molar-refractivity contribution in [2.75, 3.05) is 13.2 Å². The fraction of sp³-hybridized carbons (Fsp3) is 0.286. The smallest absolute Gasteiger partial charge is 0.276 e. The maximum atomic E-state index is 6.23. The number of nitrogens with zero attached hydrogens (tertiary/aromatic N) is 5. The topological polar surface area (TPSA) is 88.1 Å². The summed E-state index contributed by atoms with van der Waals surface area (Å²) in [5, 5.41) is 13.0. The highest BCUT2D eigenvalue weighted by Crippen LogP contribution is 2.39. The monoisotopic (exact) mass is 365 g/mol. The Labute approximate surface area is 146 Å². The Morgan fingerprint density at radius 3 is 3.00 bits per heavy atom. The molecule has 0 N–H and O–H groups in total. The first kappa shape index (κ1) is 15.3. The summed E-state index contributed by atoms with van der Waals surface area (Å²) in [5.41, 5.74) is 0.991.